The van der Waals surface area contributed by atoms with Crippen molar-refractivity contribution in [3.63, 3.8) is 0 Å². The van der Waals surface area contributed by atoms with Crippen molar-refractivity contribution in [3.8, 4) is 6.07 Å². The number of carbonyl (C=O) groups is 2. The summed E-state index contributed by atoms with van der Waals surface area (Å²) in [6.45, 7) is 1.53. The van der Waals surface area contributed by atoms with E-state index >= 15 is 0 Å². The van der Waals surface area contributed by atoms with Crippen LogP contribution in [0.4, 0.5) is 21.9 Å². The van der Waals surface area contributed by atoms with Crippen molar-refractivity contribution in [1.82, 2.24) is 4.90 Å². The van der Waals surface area contributed by atoms with Crippen LogP contribution < -0.4 is 15.5 Å². The number of nitrogens with one attached hydrogen (secondary N) is 2. The van der Waals surface area contributed by atoms with Crippen molar-refractivity contribution in [2.24, 2.45) is 0 Å². The second-order valence-electron chi connectivity index (χ2n) is 6.89. The highest BCUT2D eigenvalue weighted by Gasteiger charge is 2.23. The van der Waals surface area contributed by atoms with Gasteiger partial charge in [-0.2, -0.15) is 5.26 Å². The second kappa shape index (κ2) is 8.44. The summed E-state index contributed by atoms with van der Waals surface area (Å²) in [7, 11) is 3.78. The zero-order valence-electron chi connectivity index (χ0n) is 16.0. The Hall–Kier alpha value is -3.53. The molecule has 1 aliphatic heterocycles. The molecule has 0 aromatic heterocycles. The second-order valence-corrected chi connectivity index (χ2v) is 6.89. The van der Waals surface area contributed by atoms with E-state index in [0.717, 1.165) is 31.6 Å². The Morgan fingerprint density at radius 2 is 1.61 bits per heavy atom. The van der Waals surface area contributed by atoms with E-state index in [2.05, 4.69) is 10.6 Å². The summed E-state index contributed by atoms with van der Waals surface area (Å²) in [5.74, 6) is -0.0163. The summed E-state index contributed by atoms with van der Waals surface area (Å²) in [6, 6.07) is 13.5. The van der Waals surface area contributed by atoms with Gasteiger partial charge in [-0.3, -0.25) is 4.79 Å². The minimum absolute atomic E-state index is 0.0163. The van der Waals surface area contributed by atoms with Gasteiger partial charge in [-0.05, 0) is 55.3 Å². The molecule has 0 bridgehead atoms. The normalized spacial score (nSPS) is 13.0. The van der Waals surface area contributed by atoms with Crippen LogP contribution >= 0.6 is 0 Å². The predicted octanol–water partition coefficient (Wildman–Crippen LogP) is 3.50. The van der Waals surface area contributed by atoms with Crippen LogP contribution in [0.2, 0.25) is 0 Å². The van der Waals surface area contributed by atoms with Crippen molar-refractivity contribution in [1.29, 1.82) is 5.26 Å². The van der Waals surface area contributed by atoms with E-state index in [1.165, 1.54) is 0 Å². The molecule has 144 valence electrons. The van der Waals surface area contributed by atoms with Gasteiger partial charge < -0.3 is 20.4 Å². The molecule has 0 atom stereocenters. The Morgan fingerprint density at radius 1 is 1.00 bits per heavy atom. The lowest BCUT2D eigenvalue weighted by Gasteiger charge is -2.22. The molecule has 0 aliphatic carbocycles. The molecular formula is C21H23N5O2. The summed E-state index contributed by atoms with van der Waals surface area (Å²) in [4.78, 5) is 28.9. The van der Waals surface area contributed by atoms with E-state index in [-0.39, 0.29) is 5.91 Å². The maximum absolute atomic E-state index is 12.9. The number of urea groups is 1. The molecule has 28 heavy (non-hydrogen) atoms. The molecule has 3 amide bonds. The number of anilines is 3. The third-order valence-electron chi connectivity index (χ3n) is 4.63. The van der Waals surface area contributed by atoms with E-state index in [0.29, 0.717) is 22.5 Å². The van der Waals surface area contributed by atoms with Crippen LogP contribution in [0.15, 0.2) is 42.5 Å². The van der Waals surface area contributed by atoms with Gasteiger partial charge >= 0.3 is 6.03 Å². The third-order valence-corrected chi connectivity index (χ3v) is 4.63. The van der Waals surface area contributed by atoms with E-state index in [9.17, 15) is 9.59 Å². The molecule has 0 saturated carbocycles. The highest BCUT2D eigenvalue weighted by Crippen LogP contribution is 2.26. The van der Waals surface area contributed by atoms with Crippen molar-refractivity contribution < 1.29 is 9.59 Å². The van der Waals surface area contributed by atoms with Crippen LogP contribution in [0.3, 0.4) is 0 Å². The lowest BCUT2D eigenvalue weighted by atomic mass is 10.1. The van der Waals surface area contributed by atoms with Crippen LogP contribution in [0.25, 0.3) is 0 Å². The average Bonchev–Trinajstić information content (AvgIpc) is 3.22. The molecule has 1 aliphatic rings. The summed E-state index contributed by atoms with van der Waals surface area (Å²) in [6.07, 6.45) is 2.04. The molecule has 3 rings (SSSR count). The number of nitrogens with zero attached hydrogens (tertiary/aromatic N) is 3. The molecule has 0 radical (unpaired) electrons. The van der Waals surface area contributed by atoms with Gasteiger partial charge in [-0.1, -0.05) is 0 Å². The fourth-order valence-corrected chi connectivity index (χ4v) is 3.19. The zero-order valence-corrected chi connectivity index (χ0v) is 16.0. The number of amides is 3. The molecule has 2 N–H and O–H groups in total. The number of carbonyl (C=O) groups excluding carboxylic acids is 2. The minimum Gasteiger partial charge on any atom is -0.377 e. The number of likely N-dealkylation sites (tertiary alicyclic amines) is 1. The first-order valence-corrected chi connectivity index (χ1v) is 9.17. The summed E-state index contributed by atoms with van der Waals surface area (Å²) in [5.41, 5.74) is 3.03. The molecule has 2 aromatic carbocycles. The molecule has 0 spiro atoms. The molecule has 1 saturated heterocycles. The highest BCUT2D eigenvalue weighted by molar-refractivity contribution is 6.04. The van der Waals surface area contributed by atoms with Crippen LogP contribution in [0, 0.1) is 11.3 Å². The van der Waals surface area contributed by atoms with E-state index in [4.69, 9.17) is 5.26 Å². The SMILES string of the molecule is CN(C)c1ccc(NC(=O)Nc2ccc(C#N)cc2)cc1C(=O)N1CCCC1. The van der Waals surface area contributed by atoms with Crippen LogP contribution in [0.1, 0.15) is 28.8 Å². The number of benzene rings is 2. The van der Waals surface area contributed by atoms with Crippen LogP contribution in [-0.4, -0.2) is 44.0 Å². The zero-order chi connectivity index (χ0) is 20.1. The predicted molar refractivity (Wildman–Crippen MR) is 110 cm³/mol. The van der Waals surface area contributed by atoms with Gasteiger partial charge in [0.05, 0.1) is 17.2 Å². The lowest BCUT2D eigenvalue weighted by Crippen LogP contribution is -2.29. The van der Waals surface area contributed by atoms with Gasteiger partial charge in [-0.15, -0.1) is 0 Å². The Labute approximate surface area is 164 Å². The van der Waals surface area contributed by atoms with E-state index in [1.54, 1.807) is 36.4 Å². The van der Waals surface area contributed by atoms with Crippen molar-refractivity contribution in [2.75, 3.05) is 42.7 Å². The fourth-order valence-electron chi connectivity index (χ4n) is 3.19. The highest BCUT2D eigenvalue weighted by atomic mass is 16.2. The maximum atomic E-state index is 12.9. The molecule has 1 heterocycles. The van der Waals surface area contributed by atoms with Gasteiger partial charge in [0.25, 0.3) is 5.91 Å². The van der Waals surface area contributed by atoms with Gasteiger partial charge in [0.2, 0.25) is 0 Å². The van der Waals surface area contributed by atoms with Crippen molar-refractivity contribution in [2.45, 2.75) is 12.8 Å². The van der Waals surface area contributed by atoms with Crippen molar-refractivity contribution >= 4 is 29.0 Å². The van der Waals surface area contributed by atoms with Crippen molar-refractivity contribution in [3.05, 3.63) is 53.6 Å². The van der Waals surface area contributed by atoms with Crippen LogP contribution in [-0.2, 0) is 0 Å². The Balaban J connectivity index is 1.75. The van der Waals surface area contributed by atoms with E-state index in [1.807, 2.05) is 36.0 Å². The third kappa shape index (κ3) is 4.41. The van der Waals surface area contributed by atoms with E-state index < -0.39 is 6.03 Å². The topological polar surface area (TPSA) is 88.5 Å². The summed E-state index contributed by atoms with van der Waals surface area (Å²) >= 11 is 0. The summed E-state index contributed by atoms with van der Waals surface area (Å²) in [5, 5.41) is 14.3. The molecule has 7 nitrogen and oxygen atoms in total. The Kier molecular flexibility index (Phi) is 5.80. The largest absolute Gasteiger partial charge is 0.377 e. The van der Waals surface area contributed by atoms with Gasteiger partial charge in [0.15, 0.2) is 0 Å². The first kappa shape index (κ1) is 19.2. The molecule has 0 unspecified atom stereocenters. The lowest BCUT2D eigenvalue weighted by molar-refractivity contribution is 0.0793. The minimum atomic E-state index is -0.415. The Morgan fingerprint density at radius 3 is 2.21 bits per heavy atom. The molecule has 7 heteroatoms. The average molecular weight is 377 g/mol. The smallest absolute Gasteiger partial charge is 0.323 e. The fraction of sp³-hybridized carbons (Fsp3) is 0.286. The first-order chi connectivity index (χ1) is 13.5. The molecular weight excluding hydrogens is 354 g/mol. The monoisotopic (exact) mass is 377 g/mol. The number of hydrogen-bond donors (Lipinski definition) is 2. The van der Waals surface area contributed by atoms with Crippen LogP contribution in [0.5, 0.6) is 0 Å². The number of rotatable bonds is 4. The summed E-state index contributed by atoms with van der Waals surface area (Å²) < 4.78 is 0. The molecule has 1 fully saturated rings. The quantitative estimate of drug-likeness (QED) is 0.853. The maximum Gasteiger partial charge on any atom is 0.323 e. The number of nitriles is 1. The standard InChI is InChI=1S/C21H23N5O2/c1-25(2)19-10-9-17(13-18(19)20(27)26-11-3-4-12-26)24-21(28)23-16-7-5-15(14-22)6-8-16/h5-10,13H,3-4,11-12H2,1-2H3,(H2,23,24,28). The van der Waals surface area contributed by atoms with Gasteiger partial charge in [0, 0.05) is 44.2 Å². The van der Waals surface area contributed by atoms with Gasteiger partial charge in [0.1, 0.15) is 0 Å². The number of hydrogen-bond acceptors (Lipinski definition) is 4. The molecule has 2 aromatic rings. The van der Waals surface area contributed by atoms with Gasteiger partial charge in [-0.25, -0.2) is 4.79 Å². The first-order valence-electron chi connectivity index (χ1n) is 9.17. The Bertz CT molecular complexity index is 909.